The van der Waals surface area contributed by atoms with Crippen LogP contribution in [0.1, 0.15) is 32.3 Å². The lowest BCUT2D eigenvalue weighted by atomic mass is 9.99. The summed E-state index contributed by atoms with van der Waals surface area (Å²) in [6.45, 7) is 6.35. The molecule has 0 aromatic heterocycles. The minimum atomic E-state index is -0.433. The number of fused-ring (bicyclic) bond motifs is 1. The van der Waals surface area contributed by atoms with Crippen LogP contribution in [0.2, 0.25) is 0 Å². The monoisotopic (exact) mass is 287 g/mol. The zero-order valence-corrected chi connectivity index (χ0v) is 12.7. The molecule has 3 N–H and O–H groups in total. The van der Waals surface area contributed by atoms with Gasteiger partial charge < -0.3 is 11.1 Å². The molecule has 1 unspecified atom stereocenters. The molecular weight excluding hydrogens is 264 g/mol. The Labute approximate surface area is 125 Å². The second-order valence-corrected chi connectivity index (χ2v) is 6.14. The van der Waals surface area contributed by atoms with Gasteiger partial charge in [0.25, 0.3) is 5.91 Å². The minimum Gasteiger partial charge on any atom is -0.364 e. The highest BCUT2D eigenvalue weighted by Crippen LogP contribution is 2.41. The average Bonchev–Trinajstić information content (AvgIpc) is 2.85. The van der Waals surface area contributed by atoms with Gasteiger partial charge in [0.05, 0.1) is 5.56 Å². The summed E-state index contributed by atoms with van der Waals surface area (Å²) in [5.74, 6) is -0.433. The highest BCUT2D eigenvalue weighted by atomic mass is 16.1. The Balaban J connectivity index is 2.18. The lowest BCUT2D eigenvalue weighted by molar-refractivity contribution is -0.112. The number of nitrogens with two attached hydrogens (primary N) is 1. The molecule has 21 heavy (non-hydrogen) atoms. The van der Waals surface area contributed by atoms with Gasteiger partial charge in [-0.25, -0.2) is 0 Å². The van der Waals surface area contributed by atoms with E-state index in [1.54, 1.807) is 0 Å². The molecule has 0 spiro atoms. The summed E-state index contributed by atoms with van der Waals surface area (Å²) in [5.41, 5.74) is 8.02. The summed E-state index contributed by atoms with van der Waals surface area (Å²) in [7, 11) is 0. The number of carbonyl (C=O) groups is 1. The van der Waals surface area contributed by atoms with Crippen molar-refractivity contribution >= 4 is 17.3 Å². The Kier molecular flexibility index (Phi) is 3.55. The maximum absolute atomic E-state index is 11.8. The molecule has 2 aliphatic heterocycles. The third-order valence-electron chi connectivity index (χ3n) is 4.70. The van der Waals surface area contributed by atoms with Crippen LogP contribution in [0, 0.1) is 0 Å². The zero-order valence-electron chi connectivity index (χ0n) is 12.7. The van der Waals surface area contributed by atoms with Crippen molar-refractivity contribution in [3.05, 3.63) is 29.8 Å². The molecule has 112 valence electrons. The summed E-state index contributed by atoms with van der Waals surface area (Å²) in [5, 5.41) is 8.26. The van der Waals surface area contributed by atoms with Gasteiger partial charge in [-0.15, -0.1) is 0 Å². The lowest BCUT2D eigenvalue weighted by Crippen LogP contribution is -2.59. The number of hydrogen-bond acceptors (Lipinski definition) is 3. The summed E-state index contributed by atoms with van der Waals surface area (Å²) in [6.07, 6.45) is 2.12. The largest absolute Gasteiger partial charge is 0.364 e. The van der Waals surface area contributed by atoms with Crippen molar-refractivity contribution in [2.75, 3.05) is 13.1 Å². The van der Waals surface area contributed by atoms with E-state index in [1.165, 1.54) is 0 Å². The topological polar surface area (TPSA) is 67.5 Å². The molecule has 1 saturated heterocycles. The fraction of sp³-hybridized carbons (Fsp3) is 0.500. The quantitative estimate of drug-likeness (QED) is 0.824. The molecule has 5 nitrogen and oxygen atoms in total. The predicted octanol–water partition coefficient (Wildman–Crippen LogP) is 1.36. The van der Waals surface area contributed by atoms with Crippen LogP contribution in [0.15, 0.2) is 29.4 Å². The molecule has 1 aromatic rings. The number of amides is 1. The van der Waals surface area contributed by atoms with E-state index in [-0.39, 0.29) is 6.04 Å². The number of quaternary nitrogens is 1. The number of nitrogens with one attached hydrogen (secondary N) is 1. The molecule has 2 aliphatic rings. The standard InChI is InChI=1S/C16H22N4O/c1-11(2)20(12-7-9-18-10-8-12)14-6-4-3-5-13(14)15(19-20)16(17)21/h3-6,11-12,18H,7-10H2,1-2H3,(H-,17,21)/p+1. The van der Waals surface area contributed by atoms with E-state index in [9.17, 15) is 4.79 Å². The van der Waals surface area contributed by atoms with Crippen LogP contribution in [0.25, 0.3) is 0 Å². The fourth-order valence-electron chi connectivity index (χ4n) is 3.74. The SMILES string of the molecule is CC(C)[N+]1(C2CCNCC2)N=C(C(N)=O)c2ccccc21. The van der Waals surface area contributed by atoms with Gasteiger partial charge in [-0.3, -0.25) is 4.79 Å². The van der Waals surface area contributed by atoms with Crippen LogP contribution in [-0.2, 0) is 4.79 Å². The second kappa shape index (κ2) is 5.24. The van der Waals surface area contributed by atoms with Crippen LogP contribution >= 0.6 is 0 Å². The fourth-order valence-corrected chi connectivity index (χ4v) is 3.74. The average molecular weight is 287 g/mol. The van der Waals surface area contributed by atoms with Gasteiger partial charge >= 0.3 is 0 Å². The van der Waals surface area contributed by atoms with E-state index in [0.717, 1.165) is 37.2 Å². The second-order valence-electron chi connectivity index (χ2n) is 6.14. The van der Waals surface area contributed by atoms with E-state index < -0.39 is 5.91 Å². The molecule has 1 fully saturated rings. The number of benzene rings is 1. The van der Waals surface area contributed by atoms with E-state index >= 15 is 0 Å². The van der Waals surface area contributed by atoms with Crippen LogP contribution in [0.4, 0.5) is 5.69 Å². The summed E-state index contributed by atoms with van der Waals surface area (Å²) < 4.78 is 0.510. The first-order valence-electron chi connectivity index (χ1n) is 7.66. The highest BCUT2D eigenvalue weighted by Gasteiger charge is 2.50. The molecule has 1 aromatic carbocycles. The van der Waals surface area contributed by atoms with Crippen molar-refractivity contribution in [3.8, 4) is 0 Å². The first kappa shape index (κ1) is 14.2. The van der Waals surface area contributed by atoms with Crippen molar-refractivity contribution in [2.45, 2.75) is 38.8 Å². The van der Waals surface area contributed by atoms with E-state index in [1.807, 2.05) is 18.2 Å². The number of hydrogen-bond donors (Lipinski definition) is 2. The van der Waals surface area contributed by atoms with Crippen LogP contribution in [0.3, 0.4) is 0 Å². The predicted molar refractivity (Wildman–Crippen MR) is 85.0 cm³/mol. The van der Waals surface area contributed by atoms with Crippen LogP contribution in [-0.4, -0.2) is 36.8 Å². The van der Waals surface area contributed by atoms with Gasteiger partial charge in [0, 0.05) is 32.0 Å². The molecule has 5 heteroatoms. The number of primary amides is 1. The van der Waals surface area contributed by atoms with Gasteiger partial charge in [0.1, 0.15) is 12.1 Å². The van der Waals surface area contributed by atoms with E-state index in [2.05, 4.69) is 25.2 Å². The number of rotatable bonds is 3. The minimum absolute atomic E-state index is 0.270. The molecule has 3 rings (SSSR count). The Morgan fingerprint density at radius 3 is 2.62 bits per heavy atom. The zero-order chi connectivity index (χ0) is 15.0. The molecule has 0 bridgehead atoms. The van der Waals surface area contributed by atoms with Crippen molar-refractivity contribution in [1.29, 1.82) is 0 Å². The van der Waals surface area contributed by atoms with Gasteiger partial charge in [0.15, 0.2) is 11.4 Å². The normalized spacial score (nSPS) is 25.8. The van der Waals surface area contributed by atoms with Crippen molar-refractivity contribution in [2.24, 2.45) is 10.8 Å². The van der Waals surface area contributed by atoms with Crippen molar-refractivity contribution in [1.82, 2.24) is 9.91 Å². The number of carbonyl (C=O) groups excluding carboxylic acids is 1. The Bertz CT molecular complexity index is 590. The van der Waals surface area contributed by atoms with Gasteiger partial charge in [-0.05, 0) is 19.9 Å². The Morgan fingerprint density at radius 2 is 2.00 bits per heavy atom. The van der Waals surface area contributed by atoms with Crippen LogP contribution in [0.5, 0.6) is 0 Å². The summed E-state index contributed by atoms with van der Waals surface area (Å²) >= 11 is 0. The lowest BCUT2D eigenvalue weighted by Gasteiger charge is -2.41. The maximum Gasteiger partial charge on any atom is 0.273 e. The number of nitrogens with zero attached hydrogens (tertiary/aromatic N) is 2. The Hall–Kier alpha value is -1.72. The highest BCUT2D eigenvalue weighted by molar-refractivity contribution is 6.46. The molecule has 0 radical (unpaired) electrons. The summed E-state index contributed by atoms with van der Waals surface area (Å²) in [4.78, 5) is 11.8. The van der Waals surface area contributed by atoms with Crippen molar-refractivity contribution < 1.29 is 4.79 Å². The van der Waals surface area contributed by atoms with Crippen LogP contribution < -0.4 is 15.6 Å². The number of piperidine rings is 1. The molecule has 0 saturated carbocycles. The maximum atomic E-state index is 11.8. The van der Waals surface area contributed by atoms with Crippen molar-refractivity contribution in [3.63, 3.8) is 0 Å². The third kappa shape index (κ3) is 2.08. The first-order chi connectivity index (χ1) is 10.1. The van der Waals surface area contributed by atoms with Gasteiger partial charge in [0.2, 0.25) is 0 Å². The van der Waals surface area contributed by atoms with E-state index in [0.29, 0.717) is 16.3 Å². The molecule has 1 atom stereocenters. The van der Waals surface area contributed by atoms with E-state index in [4.69, 9.17) is 10.8 Å². The third-order valence-corrected chi connectivity index (χ3v) is 4.70. The molecular formula is C16H23N4O+. The van der Waals surface area contributed by atoms with Gasteiger partial charge in [-0.1, -0.05) is 17.2 Å². The number of para-hydroxylation sites is 1. The molecule has 2 heterocycles. The van der Waals surface area contributed by atoms with Gasteiger partial charge in [-0.2, -0.15) is 4.59 Å². The Morgan fingerprint density at radius 1 is 1.33 bits per heavy atom. The summed E-state index contributed by atoms with van der Waals surface area (Å²) in [6, 6.07) is 8.68. The first-order valence-corrected chi connectivity index (χ1v) is 7.66. The smallest absolute Gasteiger partial charge is 0.273 e. The molecule has 1 amide bonds. The molecule has 0 aliphatic carbocycles.